The van der Waals surface area contributed by atoms with E-state index < -0.39 is 5.54 Å². The molecule has 0 spiro atoms. The van der Waals surface area contributed by atoms with Crippen LogP contribution in [0.1, 0.15) is 41.4 Å². The summed E-state index contributed by atoms with van der Waals surface area (Å²) in [6.07, 6.45) is 1.44. The van der Waals surface area contributed by atoms with Gasteiger partial charge in [-0.05, 0) is 27.7 Å². The predicted molar refractivity (Wildman–Crippen MR) is 85.2 cm³/mol. The smallest absolute Gasteiger partial charge is 0.274 e. The molecule has 2 amide bonds. The van der Waals surface area contributed by atoms with Crippen LogP contribution in [0.2, 0.25) is 0 Å². The van der Waals surface area contributed by atoms with Gasteiger partial charge in [-0.2, -0.15) is 0 Å². The maximum Gasteiger partial charge on any atom is 0.274 e. The Morgan fingerprint density at radius 3 is 2.54 bits per heavy atom. The van der Waals surface area contributed by atoms with E-state index in [9.17, 15) is 9.59 Å². The van der Waals surface area contributed by atoms with Gasteiger partial charge in [-0.1, -0.05) is 10.4 Å². The van der Waals surface area contributed by atoms with E-state index >= 15 is 0 Å². The van der Waals surface area contributed by atoms with Gasteiger partial charge in [0.15, 0.2) is 5.69 Å². The van der Waals surface area contributed by atoms with Crippen molar-refractivity contribution in [3.63, 3.8) is 0 Å². The van der Waals surface area contributed by atoms with E-state index in [2.05, 4.69) is 20.8 Å². The van der Waals surface area contributed by atoms with Crippen molar-refractivity contribution in [1.29, 1.82) is 0 Å². The molecule has 0 aliphatic heterocycles. The number of likely N-dealkylation sites (N-methyl/N-ethyl adjacent to an activating group) is 1. The van der Waals surface area contributed by atoms with Crippen molar-refractivity contribution >= 4 is 11.8 Å². The van der Waals surface area contributed by atoms with Crippen LogP contribution in [0.25, 0.3) is 0 Å². The fraction of sp³-hybridized carbons (Fsp3) is 0.533. The number of hydrogen-bond donors (Lipinski definition) is 1. The summed E-state index contributed by atoms with van der Waals surface area (Å²) < 4.78 is 6.50. The topological polar surface area (TPSA) is 106 Å². The highest BCUT2D eigenvalue weighted by molar-refractivity contribution is 5.92. The van der Waals surface area contributed by atoms with Crippen molar-refractivity contribution < 1.29 is 14.1 Å². The van der Waals surface area contributed by atoms with E-state index in [0.717, 1.165) is 11.3 Å². The average Bonchev–Trinajstić information content (AvgIpc) is 3.05. The lowest BCUT2D eigenvalue weighted by Crippen LogP contribution is -2.41. The summed E-state index contributed by atoms with van der Waals surface area (Å²) in [5, 5.41) is 14.5. The number of nitrogens with one attached hydrogen (secondary N) is 1. The minimum Gasteiger partial charge on any atom is -0.361 e. The van der Waals surface area contributed by atoms with Crippen molar-refractivity contribution in [2.75, 3.05) is 14.1 Å². The van der Waals surface area contributed by atoms with E-state index in [0.29, 0.717) is 5.76 Å². The van der Waals surface area contributed by atoms with Crippen molar-refractivity contribution in [2.24, 2.45) is 0 Å². The average molecular weight is 334 g/mol. The molecular formula is C15H22N6O3. The van der Waals surface area contributed by atoms with Gasteiger partial charge in [0.05, 0.1) is 17.4 Å². The highest BCUT2D eigenvalue weighted by atomic mass is 16.5. The van der Waals surface area contributed by atoms with Crippen LogP contribution in [0.5, 0.6) is 0 Å². The Bertz CT molecular complexity index is 740. The molecule has 9 nitrogen and oxygen atoms in total. The molecule has 2 aromatic rings. The third kappa shape index (κ3) is 3.61. The summed E-state index contributed by atoms with van der Waals surface area (Å²) in [6.45, 7) is 7.37. The molecule has 0 saturated carbocycles. The number of rotatable bonds is 5. The van der Waals surface area contributed by atoms with Gasteiger partial charge < -0.3 is 14.7 Å². The molecule has 2 heterocycles. The highest BCUT2D eigenvalue weighted by Gasteiger charge is 2.30. The summed E-state index contributed by atoms with van der Waals surface area (Å²) in [5.41, 5.74) is 1.000. The maximum absolute atomic E-state index is 12.4. The van der Waals surface area contributed by atoms with Gasteiger partial charge in [0, 0.05) is 19.7 Å². The Hall–Kier alpha value is -2.71. The first-order valence-electron chi connectivity index (χ1n) is 7.48. The first-order chi connectivity index (χ1) is 11.1. The molecule has 0 fully saturated rings. The molecular weight excluding hydrogens is 312 g/mol. The van der Waals surface area contributed by atoms with Crippen molar-refractivity contribution in [1.82, 2.24) is 30.4 Å². The third-order valence-electron chi connectivity index (χ3n) is 3.65. The molecule has 0 aliphatic carbocycles. The summed E-state index contributed by atoms with van der Waals surface area (Å²) in [6, 6.07) is 0. The summed E-state index contributed by atoms with van der Waals surface area (Å²) in [7, 11) is 3.30. The van der Waals surface area contributed by atoms with E-state index in [1.807, 2.05) is 20.8 Å². The van der Waals surface area contributed by atoms with Gasteiger partial charge >= 0.3 is 0 Å². The van der Waals surface area contributed by atoms with E-state index in [1.54, 1.807) is 21.0 Å². The zero-order valence-electron chi connectivity index (χ0n) is 14.7. The number of hydrogen-bond acceptors (Lipinski definition) is 6. The zero-order valence-corrected chi connectivity index (χ0v) is 14.7. The highest BCUT2D eigenvalue weighted by Crippen LogP contribution is 2.26. The lowest BCUT2D eigenvalue weighted by Gasteiger charge is -2.25. The first-order valence-corrected chi connectivity index (χ1v) is 7.48. The molecule has 130 valence electrons. The van der Waals surface area contributed by atoms with E-state index in [1.165, 1.54) is 15.8 Å². The van der Waals surface area contributed by atoms with Gasteiger partial charge in [-0.25, -0.2) is 4.68 Å². The van der Waals surface area contributed by atoms with Gasteiger partial charge in [-0.15, -0.1) is 5.10 Å². The number of nitrogens with zero attached hydrogens (tertiary/aromatic N) is 5. The number of carbonyl (C=O) groups is 2. The standard InChI is InChI=1S/C15H22N6O3/c1-9-13(10(2)24-18-9)15(3,4)16-14(23)11-7-21(19-17-11)8-12(22)20(5)6/h7H,8H2,1-6H3,(H,16,23). The number of aryl methyl sites for hydroxylation is 2. The van der Waals surface area contributed by atoms with Crippen molar-refractivity contribution in [2.45, 2.75) is 39.8 Å². The lowest BCUT2D eigenvalue weighted by atomic mass is 9.92. The normalized spacial score (nSPS) is 11.4. The molecule has 0 bridgehead atoms. The maximum atomic E-state index is 12.4. The van der Waals surface area contributed by atoms with Crippen LogP contribution >= 0.6 is 0 Å². The second kappa shape index (κ2) is 6.42. The van der Waals surface area contributed by atoms with Crippen molar-refractivity contribution in [3.05, 3.63) is 28.9 Å². The Morgan fingerprint density at radius 2 is 2.00 bits per heavy atom. The Kier molecular flexibility index (Phi) is 4.72. The van der Waals surface area contributed by atoms with Crippen molar-refractivity contribution in [3.8, 4) is 0 Å². The molecule has 0 saturated heterocycles. The van der Waals surface area contributed by atoms with Crippen LogP contribution in [-0.2, 0) is 16.9 Å². The van der Waals surface area contributed by atoms with Gasteiger partial charge in [-0.3, -0.25) is 9.59 Å². The van der Waals surface area contributed by atoms with Crippen LogP contribution in [0, 0.1) is 13.8 Å². The molecule has 1 N–H and O–H groups in total. The fourth-order valence-electron chi connectivity index (χ4n) is 2.55. The van der Waals surface area contributed by atoms with Crippen LogP contribution in [0.15, 0.2) is 10.7 Å². The Balaban J connectivity index is 2.13. The molecule has 0 atom stereocenters. The minimum absolute atomic E-state index is 0.0283. The second-order valence-electron chi connectivity index (χ2n) is 6.37. The SMILES string of the molecule is Cc1noc(C)c1C(C)(C)NC(=O)c1cn(CC(=O)N(C)C)nn1. The molecule has 9 heteroatoms. The largest absolute Gasteiger partial charge is 0.361 e. The zero-order chi connectivity index (χ0) is 18.1. The van der Waals surface area contributed by atoms with Crippen LogP contribution < -0.4 is 5.32 Å². The molecule has 2 aromatic heterocycles. The number of carbonyl (C=O) groups excluding carboxylic acids is 2. The fourth-order valence-corrected chi connectivity index (χ4v) is 2.55. The monoisotopic (exact) mass is 334 g/mol. The molecule has 0 aliphatic rings. The quantitative estimate of drug-likeness (QED) is 0.860. The van der Waals surface area contributed by atoms with Crippen LogP contribution in [-0.4, -0.2) is 51.0 Å². The van der Waals surface area contributed by atoms with E-state index in [-0.39, 0.29) is 24.1 Å². The number of aromatic nitrogens is 4. The molecule has 0 unspecified atom stereocenters. The van der Waals surface area contributed by atoms with Gasteiger partial charge in [0.1, 0.15) is 12.3 Å². The Labute approximate surface area is 140 Å². The van der Waals surface area contributed by atoms with Gasteiger partial charge in [0.2, 0.25) is 5.91 Å². The summed E-state index contributed by atoms with van der Waals surface area (Å²) in [5.74, 6) is 0.129. The van der Waals surface area contributed by atoms with Crippen LogP contribution in [0.3, 0.4) is 0 Å². The molecule has 24 heavy (non-hydrogen) atoms. The predicted octanol–water partition coefficient (Wildman–Crippen LogP) is 0.636. The molecule has 0 aromatic carbocycles. The van der Waals surface area contributed by atoms with Crippen LogP contribution in [0.4, 0.5) is 0 Å². The molecule has 0 radical (unpaired) electrons. The Morgan fingerprint density at radius 1 is 1.33 bits per heavy atom. The van der Waals surface area contributed by atoms with E-state index in [4.69, 9.17) is 4.52 Å². The lowest BCUT2D eigenvalue weighted by molar-refractivity contribution is -0.129. The number of amides is 2. The first kappa shape index (κ1) is 17.6. The van der Waals surface area contributed by atoms with Gasteiger partial charge in [0.25, 0.3) is 5.91 Å². The second-order valence-corrected chi connectivity index (χ2v) is 6.37. The summed E-state index contributed by atoms with van der Waals surface area (Å²) >= 11 is 0. The summed E-state index contributed by atoms with van der Waals surface area (Å²) in [4.78, 5) is 25.6. The third-order valence-corrected chi connectivity index (χ3v) is 3.65. The minimum atomic E-state index is -0.686. The molecule has 2 rings (SSSR count).